The molecule has 0 unspecified atom stereocenters. The molecule has 1 aromatic rings. The Morgan fingerprint density at radius 2 is 2.17 bits per heavy atom. The lowest BCUT2D eigenvalue weighted by atomic mass is 10.1. The fraction of sp³-hybridized carbons (Fsp3) is 0.125. The van der Waals surface area contributed by atoms with Crippen molar-refractivity contribution in [3.63, 3.8) is 0 Å². The summed E-state index contributed by atoms with van der Waals surface area (Å²) >= 11 is 5.44. The van der Waals surface area contributed by atoms with E-state index in [1.165, 1.54) is 0 Å². The number of carbonyl (C=O) groups excluding carboxylic acids is 1. The highest BCUT2D eigenvalue weighted by molar-refractivity contribution is 14.1. The van der Waals surface area contributed by atoms with Gasteiger partial charge < -0.3 is 5.73 Å². The van der Waals surface area contributed by atoms with E-state index in [1.54, 1.807) is 0 Å². The van der Waals surface area contributed by atoms with Crippen LogP contribution in [0.3, 0.4) is 0 Å². The third-order valence-corrected chi connectivity index (χ3v) is 2.81. The van der Waals surface area contributed by atoms with Gasteiger partial charge in [-0.25, -0.2) is 0 Å². The van der Waals surface area contributed by atoms with Gasteiger partial charge in [0.25, 0.3) is 0 Å². The van der Waals surface area contributed by atoms with Crippen molar-refractivity contribution in [1.29, 1.82) is 0 Å². The van der Waals surface area contributed by atoms with E-state index in [9.17, 15) is 4.79 Å². The summed E-state index contributed by atoms with van der Waals surface area (Å²) in [5.41, 5.74) is 6.72. The first kappa shape index (κ1) is 9.98. The topological polar surface area (TPSA) is 43.1 Å². The predicted molar refractivity (Wildman–Crippen MR) is 60.1 cm³/mol. The van der Waals surface area contributed by atoms with Crippen LogP contribution in [-0.2, 0) is 0 Å². The Kier molecular flexibility index (Phi) is 3.11. The minimum Gasteiger partial charge on any atom is -0.366 e. The van der Waals surface area contributed by atoms with Gasteiger partial charge in [0.2, 0.25) is 5.91 Å². The zero-order valence-electron chi connectivity index (χ0n) is 6.40. The molecule has 0 fully saturated rings. The van der Waals surface area contributed by atoms with Gasteiger partial charge in [-0.2, -0.15) is 0 Å². The summed E-state index contributed by atoms with van der Waals surface area (Å²) in [5, 5.41) is 0. The molecular formula is C8H7BrINO. The lowest BCUT2D eigenvalue weighted by Gasteiger charge is -2.04. The highest BCUT2D eigenvalue weighted by atomic mass is 127. The molecule has 1 rings (SSSR count). The molecule has 0 radical (unpaired) electrons. The monoisotopic (exact) mass is 339 g/mol. The molecule has 2 nitrogen and oxygen atoms in total. The Morgan fingerprint density at radius 3 is 2.58 bits per heavy atom. The van der Waals surface area contributed by atoms with Crippen molar-refractivity contribution in [2.75, 3.05) is 0 Å². The first-order valence-electron chi connectivity index (χ1n) is 3.28. The number of benzene rings is 1. The first-order valence-corrected chi connectivity index (χ1v) is 5.15. The molecule has 0 saturated heterocycles. The Balaban J connectivity index is 3.38. The van der Waals surface area contributed by atoms with E-state index in [2.05, 4.69) is 38.5 Å². The van der Waals surface area contributed by atoms with E-state index in [4.69, 9.17) is 5.73 Å². The third-order valence-electron chi connectivity index (χ3n) is 1.50. The van der Waals surface area contributed by atoms with E-state index in [0.717, 1.165) is 13.6 Å². The Bertz CT molecular complexity index is 315. The molecule has 0 spiro atoms. The van der Waals surface area contributed by atoms with Crippen LogP contribution in [0.15, 0.2) is 16.6 Å². The maximum atomic E-state index is 11.0. The summed E-state index contributed by atoms with van der Waals surface area (Å²) in [6, 6.07) is 3.75. The van der Waals surface area contributed by atoms with E-state index in [1.807, 2.05) is 19.1 Å². The van der Waals surface area contributed by atoms with E-state index in [-0.39, 0.29) is 5.91 Å². The lowest BCUT2D eigenvalue weighted by Crippen LogP contribution is -2.14. The standard InChI is InChI=1S/C8H7BrINO/c1-4-2-5(9)3-6(10)7(4)8(11)12/h2-3H,1H3,(H2,11,12). The number of hydrogen-bond acceptors (Lipinski definition) is 1. The van der Waals surface area contributed by atoms with Crippen molar-refractivity contribution in [3.8, 4) is 0 Å². The zero-order valence-corrected chi connectivity index (χ0v) is 10.1. The average molecular weight is 340 g/mol. The predicted octanol–water partition coefficient (Wildman–Crippen LogP) is 2.46. The van der Waals surface area contributed by atoms with Crippen LogP contribution in [0.25, 0.3) is 0 Å². The van der Waals surface area contributed by atoms with Crippen LogP contribution in [0.4, 0.5) is 0 Å². The molecule has 12 heavy (non-hydrogen) atoms. The molecule has 1 aromatic carbocycles. The maximum absolute atomic E-state index is 11.0. The van der Waals surface area contributed by atoms with Crippen LogP contribution in [0.5, 0.6) is 0 Å². The van der Waals surface area contributed by atoms with Crippen LogP contribution < -0.4 is 5.73 Å². The molecule has 1 amide bonds. The summed E-state index contributed by atoms with van der Waals surface area (Å²) < 4.78 is 1.85. The van der Waals surface area contributed by atoms with Gasteiger partial charge in [0.1, 0.15) is 0 Å². The van der Waals surface area contributed by atoms with Crippen LogP contribution in [-0.4, -0.2) is 5.91 Å². The SMILES string of the molecule is Cc1cc(Br)cc(I)c1C(N)=O. The summed E-state index contributed by atoms with van der Waals surface area (Å²) in [6.07, 6.45) is 0. The van der Waals surface area contributed by atoms with E-state index >= 15 is 0 Å². The maximum Gasteiger partial charge on any atom is 0.250 e. The van der Waals surface area contributed by atoms with Gasteiger partial charge in [-0.3, -0.25) is 4.79 Å². The van der Waals surface area contributed by atoms with E-state index in [0.29, 0.717) is 5.56 Å². The van der Waals surface area contributed by atoms with Crippen molar-refractivity contribution >= 4 is 44.4 Å². The second kappa shape index (κ2) is 3.74. The first-order chi connectivity index (χ1) is 5.52. The average Bonchev–Trinajstić information content (AvgIpc) is 1.82. The fourth-order valence-electron chi connectivity index (χ4n) is 1.01. The third kappa shape index (κ3) is 1.98. The minimum atomic E-state index is -0.371. The van der Waals surface area contributed by atoms with Gasteiger partial charge in [0.05, 0.1) is 5.56 Å². The minimum absolute atomic E-state index is 0.371. The summed E-state index contributed by atoms with van der Waals surface area (Å²) in [6.45, 7) is 1.87. The van der Waals surface area contributed by atoms with E-state index < -0.39 is 0 Å². The van der Waals surface area contributed by atoms with Gasteiger partial charge >= 0.3 is 0 Å². The number of halogens is 2. The number of primary amides is 1. The molecule has 0 saturated carbocycles. The van der Waals surface area contributed by atoms with Crippen LogP contribution >= 0.6 is 38.5 Å². The molecule has 4 heteroatoms. The zero-order chi connectivity index (χ0) is 9.30. The molecular weight excluding hydrogens is 333 g/mol. The number of hydrogen-bond donors (Lipinski definition) is 1. The van der Waals surface area contributed by atoms with Crippen LogP contribution in [0.1, 0.15) is 15.9 Å². The molecule has 0 bridgehead atoms. The summed E-state index contributed by atoms with van der Waals surface area (Å²) in [4.78, 5) is 11.0. The highest BCUT2D eigenvalue weighted by Crippen LogP contribution is 2.21. The second-order valence-corrected chi connectivity index (χ2v) is 4.52. The number of carbonyl (C=O) groups is 1. The summed E-state index contributed by atoms with van der Waals surface area (Å²) in [5.74, 6) is -0.371. The van der Waals surface area contributed by atoms with Crippen molar-refractivity contribution in [2.45, 2.75) is 6.92 Å². The van der Waals surface area contributed by atoms with Gasteiger partial charge in [0, 0.05) is 8.04 Å². The summed E-state index contributed by atoms with van der Waals surface area (Å²) in [7, 11) is 0. The number of nitrogens with two attached hydrogens (primary N) is 1. The molecule has 0 aliphatic carbocycles. The lowest BCUT2D eigenvalue weighted by molar-refractivity contribution is 0.0999. The van der Waals surface area contributed by atoms with Crippen molar-refractivity contribution in [3.05, 3.63) is 31.3 Å². The molecule has 0 aliphatic rings. The molecule has 0 aliphatic heterocycles. The van der Waals surface area contributed by atoms with Gasteiger partial charge in [-0.15, -0.1) is 0 Å². The Morgan fingerprint density at radius 1 is 1.58 bits per heavy atom. The van der Waals surface area contributed by atoms with Gasteiger partial charge in [-0.1, -0.05) is 15.9 Å². The molecule has 2 N–H and O–H groups in total. The van der Waals surface area contributed by atoms with Crippen molar-refractivity contribution in [1.82, 2.24) is 0 Å². The van der Waals surface area contributed by atoms with Crippen molar-refractivity contribution < 1.29 is 4.79 Å². The number of rotatable bonds is 1. The number of aryl methyl sites for hydroxylation is 1. The quantitative estimate of drug-likeness (QED) is 0.785. The van der Waals surface area contributed by atoms with Gasteiger partial charge in [-0.05, 0) is 47.2 Å². The fourth-order valence-corrected chi connectivity index (χ4v) is 3.04. The second-order valence-electron chi connectivity index (χ2n) is 2.44. The van der Waals surface area contributed by atoms with Crippen LogP contribution in [0, 0.1) is 10.5 Å². The molecule has 0 heterocycles. The van der Waals surface area contributed by atoms with Crippen molar-refractivity contribution in [2.24, 2.45) is 5.73 Å². The normalized spacial score (nSPS) is 9.92. The largest absolute Gasteiger partial charge is 0.366 e. The van der Waals surface area contributed by atoms with Gasteiger partial charge in [0.15, 0.2) is 0 Å². The molecule has 0 atom stereocenters. The highest BCUT2D eigenvalue weighted by Gasteiger charge is 2.09. The van der Waals surface area contributed by atoms with Crippen LogP contribution in [0.2, 0.25) is 0 Å². The smallest absolute Gasteiger partial charge is 0.250 e. The molecule has 0 aromatic heterocycles. The Hall–Kier alpha value is -0.100. The Labute approximate surface area is 92.8 Å². The molecule has 64 valence electrons. The number of amides is 1.